The van der Waals surface area contributed by atoms with Gasteiger partial charge in [0.15, 0.2) is 5.65 Å². The molecule has 162 valence electrons. The highest BCUT2D eigenvalue weighted by atomic mass is 35.5. The molecule has 0 bridgehead atoms. The van der Waals surface area contributed by atoms with Crippen molar-refractivity contribution in [3.63, 3.8) is 0 Å². The Hall–Kier alpha value is -3.59. The third-order valence-electron chi connectivity index (χ3n) is 5.55. The molecule has 1 amide bonds. The van der Waals surface area contributed by atoms with Crippen LogP contribution in [0.2, 0.25) is 5.02 Å². The number of H-pyrrole nitrogens is 1. The van der Waals surface area contributed by atoms with Crippen LogP contribution in [0.15, 0.2) is 47.5 Å². The van der Waals surface area contributed by atoms with E-state index in [1.807, 2.05) is 0 Å². The Bertz CT molecular complexity index is 1390. The molecule has 3 aromatic heterocycles. The maximum absolute atomic E-state index is 13.4. The summed E-state index contributed by atoms with van der Waals surface area (Å²) in [5, 5.41) is 4.99. The number of halogens is 2. The third-order valence-corrected chi connectivity index (χ3v) is 5.80. The normalized spacial score (nSPS) is 14.0. The van der Waals surface area contributed by atoms with Crippen molar-refractivity contribution < 1.29 is 9.18 Å². The topological polar surface area (TPSA) is 96.2 Å². The molecule has 32 heavy (non-hydrogen) atoms. The maximum atomic E-state index is 13.4. The highest BCUT2D eigenvalue weighted by molar-refractivity contribution is 6.30. The van der Waals surface area contributed by atoms with Gasteiger partial charge < -0.3 is 9.88 Å². The molecule has 0 aliphatic carbocycles. The molecule has 1 N–H and O–H groups in total. The van der Waals surface area contributed by atoms with Crippen molar-refractivity contribution in [2.75, 3.05) is 19.8 Å². The number of carbonyl (C=O) groups is 1. The summed E-state index contributed by atoms with van der Waals surface area (Å²) >= 11 is 5.98. The number of amides is 1. The van der Waals surface area contributed by atoms with Crippen molar-refractivity contribution in [3.8, 4) is 22.6 Å². The molecule has 10 heteroatoms. The SMILES string of the molecule is Cc1nccnc1-c1nn2c(=O)cc(-c3ccc(Cl)cc3)[nH]c2c1C(=O)N1CC(CF)C1. The smallest absolute Gasteiger partial charge is 0.274 e. The Kier molecular flexibility index (Phi) is 4.97. The van der Waals surface area contributed by atoms with Gasteiger partial charge in [-0.15, -0.1) is 0 Å². The molecule has 4 heterocycles. The van der Waals surface area contributed by atoms with E-state index >= 15 is 0 Å². The summed E-state index contributed by atoms with van der Waals surface area (Å²) in [6, 6.07) is 8.39. The molecular weight excluding hydrogens is 435 g/mol. The fourth-order valence-electron chi connectivity index (χ4n) is 3.83. The van der Waals surface area contributed by atoms with E-state index in [2.05, 4.69) is 20.1 Å². The summed E-state index contributed by atoms with van der Waals surface area (Å²) in [6.45, 7) is 1.90. The number of nitrogens with one attached hydrogen (secondary N) is 1. The Morgan fingerprint density at radius 3 is 2.59 bits per heavy atom. The Morgan fingerprint density at radius 1 is 1.19 bits per heavy atom. The number of hydrogen-bond donors (Lipinski definition) is 1. The number of rotatable bonds is 4. The van der Waals surface area contributed by atoms with Crippen molar-refractivity contribution in [2.24, 2.45) is 5.92 Å². The van der Waals surface area contributed by atoms with Crippen LogP contribution in [0.25, 0.3) is 28.3 Å². The number of alkyl halides is 1. The lowest BCUT2D eigenvalue weighted by atomic mass is 10.00. The molecule has 1 aliphatic rings. The zero-order valence-corrected chi connectivity index (χ0v) is 17.8. The number of nitrogens with zero attached hydrogens (tertiary/aromatic N) is 5. The first-order chi connectivity index (χ1) is 15.5. The molecule has 0 atom stereocenters. The molecule has 5 rings (SSSR count). The third kappa shape index (κ3) is 3.34. The molecule has 1 fully saturated rings. The van der Waals surface area contributed by atoms with Crippen LogP contribution in [0.4, 0.5) is 4.39 Å². The minimum atomic E-state index is -0.480. The summed E-state index contributed by atoms with van der Waals surface area (Å²) < 4.78 is 14.1. The largest absolute Gasteiger partial charge is 0.339 e. The summed E-state index contributed by atoms with van der Waals surface area (Å²) in [5.74, 6) is -0.514. The van der Waals surface area contributed by atoms with E-state index < -0.39 is 12.2 Å². The first-order valence-corrected chi connectivity index (χ1v) is 10.4. The number of aromatic amines is 1. The van der Waals surface area contributed by atoms with Gasteiger partial charge in [-0.3, -0.25) is 23.9 Å². The number of likely N-dealkylation sites (tertiary alicyclic amines) is 1. The summed E-state index contributed by atoms with van der Waals surface area (Å²) in [6.07, 6.45) is 3.05. The molecule has 0 spiro atoms. The van der Waals surface area contributed by atoms with E-state index in [1.54, 1.807) is 42.3 Å². The monoisotopic (exact) mass is 452 g/mol. The lowest BCUT2D eigenvalue weighted by Gasteiger charge is -2.37. The van der Waals surface area contributed by atoms with E-state index in [4.69, 9.17) is 11.6 Å². The predicted molar refractivity (Wildman–Crippen MR) is 117 cm³/mol. The predicted octanol–water partition coefficient (Wildman–Crippen LogP) is 3.15. The number of aromatic nitrogens is 5. The molecule has 4 aromatic rings. The second-order valence-corrected chi connectivity index (χ2v) is 8.17. The van der Waals surface area contributed by atoms with Crippen LogP contribution in [0.3, 0.4) is 0 Å². The molecule has 0 saturated carbocycles. The van der Waals surface area contributed by atoms with Crippen molar-refractivity contribution >= 4 is 23.2 Å². The summed E-state index contributed by atoms with van der Waals surface area (Å²) in [7, 11) is 0. The van der Waals surface area contributed by atoms with E-state index in [-0.39, 0.29) is 28.7 Å². The van der Waals surface area contributed by atoms with Crippen LogP contribution in [0.1, 0.15) is 16.1 Å². The summed E-state index contributed by atoms with van der Waals surface area (Å²) in [4.78, 5) is 39.7. The van der Waals surface area contributed by atoms with Gasteiger partial charge in [0.25, 0.3) is 11.5 Å². The van der Waals surface area contributed by atoms with Gasteiger partial charge in [0.1, 0.15) is 17.0 Å². The van der Waals surface area contributed by atoms with E-state index in [1.165, 1.54) is 12.3 Å². The minimum absolute atomic E-state index is 0.175. The Morgan fingerprint density at radius 2 is 1.91 bits per heavy atom. The van der Waals surface area contributed by atoms with Crippen LogP contribution in [0, 0.1) is 12.8 Å². The van der Waals surface area contributed by atoms with Gasteiger partial charge in [-0.25, -0.2) is 0 Å². The molecule has 0 unspecified atom stereocenters. The summed E-state index contributed by atoms with van der Waals surface area (Å²) in [5.41, 5.74) is 2.52. The molecular formula is C22H18ClFN6O2. The number of benzene rings is 1. The molecule has 1 aliphatic heterocycles. The molecule has 1 aromatic carbocycles. The average Bonchev–Trinajstić information content (AvgIpc) is 3.13. The molecule has 0 radical (unpaired) electrons. The zero-order valence-electron chi connectivity index (χ0n) is 17.0. The van der Waals surface area contributed by atoms with Crippen molar-refractivity contribution in [3.05, 3.63) is 69.4 Å². The van der Waals surface area contributed by atoms with Gasteiger partial charge in [-0.05, 0) is 24.6 Å². The molecule has 8 nitrogen and oxygen atoms in total. The number of fused-ring (bicyclic) bond motifs is 1. The fourth-order valence-corrected chi connectivity index (χ4v) is 3.95. The number of aryl methyl sites for hydroxylation is 1. The minimum Gasteiger partial charge on any atom is -0.339 e. The number of hydrogen-bond acceptors (Lipinski definition) is 5. The van der Waals surface area contributed by atoms with Crippen molar-refractivity contribution in [2.45, 2.75) is 6.92 Å². The van der Waals surface area contributed by atoms with Gasteiger partial charge in [-0.2, -0.15) is 9.61 Å². The highest BCUT2D eigenvalue weighted by Gasteiger charge is 2.35. The van der Waals surface area contributed by atoms with Gasteiger partial charge in [0.2, 0.25) is 0 Å². The van der Waals surface area contributed by atoms with E-state index in [0.29, 0.717) is 35.2 Å². The van der Waals surface area contributed by atoms with Gasteiger partial charge >= 0.3 is 0 Å². The van der Waals surface area contributed by atoms with E-state index in [9.17, 15) is 14.0 Å². The van der Waals surface area contributed by atoms with Crippen LogP contribution < -0.4 is 5.56 Å². The van der Waals surface area contributed by atoms with Crippen molar-refractivity contribution in [1.29, 1.82) is 0 Å². The Labute approximate surface area is 186 Å². The second kappa shape index (κ2) is 7.83. The highest BCUT2D eigenvalue weighted by Crippen LogP contribution is 2.30. The number of carbonyl (C=O) groups excluding carboxylic acids is 1. The first kappa shape index (κ1) is 20.3. The van der Waals surface area contributed by atoms with Crippen LogP contribution in [0.5, 0.6) is 0 Å². The van der Waals surface area contributed by atoms with E-state index in [0.717, 1.165) is 10.1 Å². The van der Waals surface area contributed by atoms with Gasteiger partial charge in [0.05, 0.1) is 18.1 Å². The zero-order chi connectivity index (χ0) is 22.4. The molecule has 1 saturated heterocycles. The van der Waals surface area contributed by atoms with Crippen LogP contribution in [-0.2, 0) is 0 Å². The van der Waals surface area contributed by atoms with Crippen molar-refractivity contribution in [1.82, 2.24) is 29.5 Å². The average molecular weight is 453 g/mol. The Balaban J connectivity index is 1.73. The van der Waals surface area contributed by atoms with Gasteiger partial charge in [0, 0.05) is 42.5 Å². The fraction of sp³-hybridized carbons (Fsp3) is 0.227. The lowest BCUT2D eigenvalue weighted by Crippen LogP contribution is -2.50. The first-order valence-electron chi connectivity index (χ1n) is 10.0. The maximum Gasteiger partial charge on any atom is 0.274 e. The quantitative estimate of drug-likeness (QED) is 0.513. The lowest BCUT2D eigenvalue weighted by molar-refractivity contribution is 0.0455. The standard InChI is InChI=1S/C22H18ClFN6O2/c1-12-19(26-7-6-25-12)20-18(22(32)29-10-13(9-24)11-29)21-27-16(8-17(31)30(21)28-20)14-2-4-15(23)5-3-14/h2-8,13,27H,9-11H2,1H3. The van der Waals surface area contributed by atoms with Crippen LogP contribution >= 0.6 is 11.6 Å². The second-order valence-electron chi connectivity index (χ2n) is 7.73. The van der Waals surface area contributed by atoms with Gasteiger partial charge in [-0.1, -0.05) is 23.7 Å². The van der Waals surface area contributed by atoms with Crippen LogP contribution in [-0.4, -0.2) is 55.1 Å².